The number of nitrogens with two attached hydrogens (primary N) is 1. The lowest BCUT2D eigenvalue weighted by Gasteiger charge is -2.35. The quantitative estimate of drug-likeness (QED) is 0.714. The maximum absolute atomic E-state index is 12.5. The normalized spacial score (nSPS) is 25.6. The highest BCUT2D eigenvalue weighted by molar-refractivity contribution is 5.79. The van der Waals surface area contributed by atoms with E-state index in [-0.39, 0.29) is 17.4 Å². The molecule has 0 aromatic heterocycles. The first-order valence-corrected chi connectivity index (χ1v) is 8.92. The van der Waals surface area contributed by atoms with Crippen LogP contribution in [0.5, 0.6) is 0 Å². The van der Waals surface area contributed by atoms with Gasteiger partial charge in [-0.2, -0.15) is 0 Å². The average molecular weight is 296 g/mol. The van der Waals surface area contributed by atoms with Gasteiger partial charge in [0.25, 0.3) is 0 Å². The Labute approximate surface area is 131 Å². The smallest absolute Gasteiger partial charge is 0.223 e. The molecule has 1 atom stereocenters. The molecule has 0 saturated heterocycles. The van der Waals surface area contributed by atoms with Gasteiger partial charge >= 0.3 is 0 Å². The van der Waals surface area contributed by atoms with E-state index >= 15 is 0 Å². The molecule has 1 fully saturated rings. The van der Waals surface area contributed by atoms with E-state index in [0.29, 0.717) is 12.5 Å². The molecule has 1 rings (SSSR count). The fourth-order valence-corrected chi connectivity index (χ4v) is 3.69. The van der Waals surface area contributed by atoms with Crippen LogP contribution in [0.3, 0.4) is 0 Å². The van der Waals surface area contributed by atoms with Crippen molar-refractivity contribution in [3.63, 3.8) is 0 Å². The molecule has 0 spiro atoms. The van der Waals surface area contributed by atoms with Gasteiger partial charge in [0.15, 0.2) is 0 Å². The Bertz CT molecular complexity index is 308. The maximum Gasteiger partial charge on any atom is 0.223 e. The van der Waals surface area contributed by atoms with Crippen molar-refractivity contribution in [1.82, 2.24) is 5.32 Å². The Morgan fingerprint density at radius 1 is 1.29 bits per heavy atom. The van der Waals surface area contributed by atoms with Crippen LogP contribution in [0.2, 0.25) is 0 Å². The van der Waals surface area contributed by atoms with Crippen molar-refractivity contribution in [2.45, 2.75) is 84.6 Å². The Morgan fingerprint density at radius 3 is 2.38 bits per heavy atom. The number of amides is 1. The first-order chi connectivity index (χ1) is 9.90. The summed E-state index contributed by atoms with van der Waals surface area (Å²) in [6.45, 7) is 9.21. The molecular weight excluding hydrogens is 260 g/mol. The summed E-state index contributed by atoms with van der Waals surface area (Å²) in [6, 6.07) is 0. The average Bonchev–Trinajstić information content (AvgIpc) is 2.44. The van der Waals surface area contributed by atoms with E-state index in [0.717, 1.165) is 25.2 Å². The van der Waals surface area contributed by atoms with Crippen LogP contribution < -0.4 is 11.1 Å². The molecule has 1 unspecified atom stereocenters. The predicted molar refractivity (Wildman–Crippen MR) is 90.0 cm³/mol. The lowest BCUT2D eigenvalue weighted by atomic mass is 9.79. The minimum absolute atomic E-state index is 0.209. The second-order valence-electron chi connectivity index (χ2n) is 7.71. The molecule has 1 aliphatic rings. The predicted octanol–water partition coefficient (Wildman–Crippen LogP) is 3.86. The summed E-state index contributed by atoms with van der Waals surface area (Å²) in [4.78, 5) is 12.5. The van der Waals surface area contributed by atoms with Crippen LogP contribution >= 0.6 is 0 Å². The largest absolute Gasteiger partial charge is 0.349 e. The minimum atomic E-state index is -0.246. The first kappa shape index (κ1) is 18.5. The van der Waals surface area contributed by atoms with Crippen LogP contribution in [0, 0.1) is 17.8 Å². The lowest BCUT2D eigenvalue weighted by Crippen LogP contribution is -2.54. The molecule has 0 heterocycles. The van der Waals surface area contributed by atoms with Crippen molar-refractivity contribution >= 4 is 5.91 Å². The molecular formula is C18H36N2O. The van der Waals surface area contributed by atoms with Crippen LogP contribution in [0.25, 0.3) is 0 Å². The topological polar surface area (TPSA) is 55.1 Å². The van der Waals surface area contributed by atoms with Crippen LogP contribution in [0.4, 0.5) is 0 Å². The Balaban J connectivity index is 2.42. The molecule has 0 aromatic carbocycles. The van der Waals surface area contributed by atoms with Gasteiger partial charge in [0.2, 0.25) is 5.91 Å². The van der Waals surface area contributed by atoms with Crippen molar-refractivity contribution in [2.75, 3.05) is 6.54 Å². The summed E-state index contributed by atoms with van der Waals surface area (Å²) in [5.41, 5.74) is 5.65. The summed E-state index contributed by atoms with van der Waals surface area (Å²) >= 11 is 0. The molecule has 1 amide bonds. The summed E-state index contributed by atoms with van der Waals surface area (Å²) in [6.07, 6.45) is 9.47. The molecule has 3 heteroatoms. The standard InChI is InChI=1S/C18H36N2O/c1-5-6-7-15-8-10-16(11-9-15)17(21)20-18(4,13-19)12-14(2)3/h14-16H,5-13,19H2,1-4H3,(H,20,21). The molecule has 0 aliphatic heterocycles. The van der Waals surface area contributed by atoms with E-state index in [1.807, 2.05) is 0 Å². The van der Waals surface area contributed by atoms with E-state index in [1.165, 1.54) is 32.1 Å². The van der Waals surface area contributed by atoms with Crippen molar-refractivity contribution in [3.8, 4) is 0 Å². The van der Waals surface area contributed by atoms with E-state index in [1.54, 1.807) is 0 Å². The van der Waals surface area contributed by atoms with Gasteiger partial charge in [-0.3, -0.25) is 4.79 Å². The van der Waals surface area contributed by atoms with Gasteiger partial charge < -0.3 is 11.1 Å². The Morgan fingerprint density at radius 2 is 1.90 bits per heavy atom. The second-order valence-corrected chi connectivity index (χ2v) is 7.71. The maximum atomic E-state index is 12.5. The molecule has 0 bridgehead atoms. The zero-order valence-electron chi connectivity index (χ0n) is 14.6. The first-order valence-electron chi connectivity index (χ1n) is 8.92. The zero-order chi connectivity index (χ0) is 15.9. The molecule has 1 saturated carbocycles. The Kier molecular flexibility index (Phi) is 7.72. The SMILES string of the molecule is CCCCC1CCC(C(=O)NC(C)(CN)CC(C)C)CC1. The number of rotatable bonds is 8. The number of carbonyl (C=O) groups is 1. The lowest BCUT2D eigenvalue weighted by molar-refractivity contribution is -0.128. The summed E-state index contributed by atoms with van der Waals surface area (Å²) in [7, 11) is 0. The molecule has 3 nitrogen and oxygen atoms in total. The van der Waals surface area contributed by atoms with Gasteiger partial charge in [-0.15, -0.1) is 0 Å². The number of hydrogen-bond acceptors (Lipinski definition) is 2. The molecule has 3 N–H and O–H groups in total. The fraction of sp³-hybridized carbons (Fsp3) is 0.944. The van der Waals surface area contributed by atoms with Crippen LogP contribution in [-0.2, 0) is 4.79 Å². The van der Waals surface area contributed by atoms with Gasteiger partial charge in [-0.1, -0.05) is 40.0 Å². The Hall–Kier alpha value is -0.570. The van der Waals surface area contributed by atoms with Gasteiger partial charge in [-0.05, 0) is 50.9 Å². The number of nitrogens with one attached hydrogen (secondary N) is 1. The molecule has 0 radical (unpaired) electrons. The van der Waals surface area contributed by atoms with E-state index in [9.17, 15) is 4.79 Å². The van der Waals surface area contributed by atoms with E-state index in [4.69, 9.17) is 5.73 Å². The molecule has 1 aliphatic carbocycles. The minimum Gasteiger partial charge on any atom is -0.349 e. The van der Waals surface area contributed by atoms with Crippen molar-refractivity contribution < 1.29 is 4.79 Å². The van der Waals surface area contributed by atoms with Crippen LogP contribution in [0.15, 0.2) is 0 Å². The van der Waals surface area contributed by atoms with Gasteiger partial charge in [0.1, 0.15) is 0 Å². The van der Waals surface area contributed by atoms with E-state index in [2.05, 4.69) is 33.0 Å². The molecule has 0 aromatic rings. The van der Waals surface area contributed by atoms with Gasteiger partial charge in [0.05, 0.1) is 0 Å². The summed E-state index contributed by atoms with van der Waals surface area (Å²) in [5, 5.41) is 3.24. The van der Waals surface area contributed by atoms with Crippen LogP contribution in [-0.4, -0.2) is 18.0 Å². The highest BCUT2D eigenvalue weighted by Crippen LogP contribution is 2.32. The number of unbranched alkanes of at least 4 members (excludes halogenated alkanes) is 1. The highest BCUT2D eigenvalue weighted by Gasteiger charge is 2.31. The third kappa shape index (κ3) is 6.37. The second kappa shape index (κ2) is 8.77. The molecule has 124 valence electrons. The molecule has 21 heavy (non-hydrogen) atoms. The third-order valence-electron chi connectivity index (χ3n) is 4.92. The van der Waals surface area contributed by atoms with Crippen LogP contribution in [0.1, 0.15) is 79.1 Å². The number of hydrogen-bond donors (Lipinski definition) is 2. The van der Waals surface area contributed by atoms with Crippen molar-refractivity contribution in [1.29, 1.82) is 0 Å². The summed E-state index contributed by atoms with van der Waals surface area (Å²) < 4.78 is 0. The summed E-state index contributed by atoms with van der Waals surface area (Å²) in [5.74, 6) is 1.84. The van der Waals surface area contributed by atoms with Crippen molar-refractivity contribution in [3.05, 3.63) is 0 Å². The third-order valence-corrected chi connectivity index (χ3v) is 4.92. The number of carbonyl (C=O) groups excluding carboxylic acids is 1. The zero-order valence-corrected chi connectivity index (χ0v) is 14.6. The fourth-order valence-electron chi connectivity index (χ4n) is 3.69. The van der Waals surface area contributed by atoms with Gasteiger partial charge in [-0.25, -0.2) is 0 Å². The highest BCUT2D eigenvalue weighted by atomic mass is 16.2. The van der Waals surface area contributed by atoms with Gasteiger partial charge in [0, 0.05) is 18.0 Å². The van der Waals surface area contributed by atoms with E-state index < -0.39 is 0 Å². The van der Waals surface area contributed by atoms with Crippen molar-refractivity contribution in [2.24, 2.45) is 23.5 Å². The monoisotopic (exact) mass is 296 g/mol.